The number of benzene rings is 3. The third kappa shape index (κ3) is 4.81. The lowest BCUT2D eigenvalue weighted by Gasteiger charge is -2.20. The molecule has 1 N–H and O–H groups in total. The van der Waals surface area contributed by atoms with Gasteiger partial charge < -0.3 is 9.84 Å². The largest absolute Gasteiger partial charge is 0.489 e. The molecule has 0 aliphatic heterocycles. The summed E-state index contributed by atoms with van der Waals surface area (Å²) in [5.74, 6) is 1.05. The Labute approximate surface area is 187 Å². The van der Waals surface area contributed by atoms with E-state index in [9.17, 15) is 14.7 Å². The van der Waals surface area contributed by atoms with Gasteiger partial charge in [0.1, 0.15) is 12.4 Å². The number of rotatable bonds is 9. The van der Waals surface area contributed by atoms with E-state index >= 15 is 0 Å². The van der Waals surface area contributed by atoms with E-state index in [1.165, 1.54) is 0 Å². The summed E-state index contributed by atoms with van der Waals surface area (Å²) in [5.41, 5.74) is 2.94. The number of ether oxygens (including phenoxy) is 1. The lowest BCUT2D eigenvalue weighted by molar-refractivity contribution is 0.0965. The average molecular weight is 431 g/mol. The molecule has 1 aliphatic rings. The minimum absolute atomic E-state index is 0.00342. The molecule has 164 valence electrons. The summed E-state index contributed by atoms with van der Waals surface area (Å²) >= 11 is 0. The molecule has 1 fully saturated rings. The molecule has 0 aromatic heterocycles. The number of para-hydroxylation sites is 1. The molecule has 1 aliphatic carbocycles. The highest BCUT2D eigenvalue weighted by molar-refractivity contribution is 6.00. The molecule has 1 amide bonds. The maximum Gasteiger partial charge on any atom is 0.436 e. The van der Waals surface area contributed by atoms with E-state index < -0.39 is 6.09 Å². The van der Waals surface area contributed by atoms with Crippen molar-refractivity contribution in [2.24, 2.45) is 5.92 Å². The molecule has 0 bridgehead atoms. The number of nitrogens with zero attached hydrogens (tertiary/aromatic N) is 1. The van der Waals surface area contributed by atoms with Gasteiger partial charge in [-0.05, 0) is 43.0 Å². The molecule has 6 nitrogen and oxygen atoms in total. The molecule has 3 aromatic rings. The molecule has 0 saturated heterocycles. The summed E-state index contributed by atoms with van der Waals surface area (Å²) in [5, 5.41) is 10.3. The SMILES string of the molecule is CCON(C(=O)O)c1ccccc1COc1cccc(C2CC2C(=O)c2ccccc2)c1. The van der Waals surface area contributed by atoms with Crippen molar-refractivity contribution in [1.29, 1.82) is 0 Å². The fourth-order valence-electron chi connectivity index (χ4n) is 3.85. The summed E-state index contributed by atoms with van der Waals surface area (Å²) in [6, 6.07) is 24.2. The van der Waals surface area contributed by atoms with E-state index in [-0.39, 0.29) is 30.8 Å². The van der Waals surface area contributed by atoms with Gasteiger partial charge in [-0.3, -0.25) is 9.63 Å². The Morgan fingerprint density at radius 1 is 1.00 bits per heavy atom. The van der Waals surface area contributed by atoms with Gasteiger partial charge >= 0.3 is 6.09 Å². The first-order chi connectivity index (χ1) is 15.6. The van der Waals surface area contributed by atoms with Gasteiger partial charge in [-0.2, -0.15) is 5.06 Å². The van der Waals surface area contributed by atoms with E-state index in [1.807, 2.05) is 66.7 Å². The number of ketones is 1. The van der Waals surface area contributed by atoms with Crippen LogP contribution in [0.3, 0.4) is 0 Å². The van der Waals surface area contributed by atoms with Gasteiger partial charge in [-0.1, -0.05) is 60.7 Å². The van der Waals surface area contributed by atoms with E-state index in [4.69, 9.17) is 9.57 Å². The molecule has 4 rings (SSSR count). The third-order valence-corrected chi connectivity index (χ3v) is 5.51. The average Bonchev–Trinajstić information content (AvgIpc) is 3.63. The topological polar surface area (TPSA) is 76.1 Å². The number of hydroxylamine groups is 1. The second-order valence-corrected chi connectivity index (χ2v) is 7.66. The van der Waals surface area contributed by atoms with E-state index in [0.717, 1.165) is 22.6 Å². The summed E-state index contributed by atoms with van der Waals surface area (Å²) < 4.78 is 5.98. The lowest BCUT2D eigenvalue weighted by Crippen LogP contribution is -2.30. The zero-order valence-electron chi connectivity index (χ0n) is 17.8. The molecule has 2 unspecified atom stereocenters. The normalized spacial score (nSPS) is 16.9. The minimum Gasteiger partial charge on any atom is -0.489 e. The Hall–Kier alpha value is -3.64. The third-order valence-electron chi connectivity index (χ3n) is 5.51. The maximum absolute atomic E-state index is 12.7. The zero-order chi connectivity index (χ0) is 22.5. The van der Waals surface area contributed by atoms with Crippen molar-refractivity contribution in [3.8, 4) is 5.75 Å². The highest BCUT2D eigenvalue weighted by atomic mass is 16.7. The fraction of sp³-hybridized carbons (Fsp3) is 0.231. The summed E-state index contributed by atoms with van der Waals surface area (Å²) in [6.07, 6.45) is -0.355. The van der Waals surface area contributed by atoms with Crippen LogP contribution in [0.15, 0.2) is 78.9 Å². The van der Waals surface area contributed by atoms with Crippen LogP contribution in [0, 0.1) is 5.92 Å². The van der Waals surface area contributed by atoms with E-state index in [1.54, 1.807) is 19.1 Å². The second kappa shape index (κ2) is 9.66. The molecule has 2 atom stereocenters. The van der Waals surface area contributed by atoms with Crippen LogP contribution in [0.1, 0.15) is 40.7 Å². The molecule has 0 spiro atoms. The minimum atomic E-state index is -1.19. The molecule has 1 saturated carbocycles. The van der Waals surface area contributed by atoms with Crippen molar-refractivity contribution in [3.05, 3.63) is 95.6 Å². The Balaban J connectivity index is 1.44. The Bertz CT molecular complexity index is 1100. The van der Waals surface area contributed by atoms with Crippen molar-refractivity contribution < 1.29 is 24.3 Å². The molecular formula is C26H25NO5. The monoisotopic (exact) mass is 431 g/mol. The molecule has 32 heavy (non-hydrogen) atoms. The predicted molar refractivity (Wildman–Crippen MR) is 121 cm³/mol. The van der Waals surface area contributed by atoms with Crippen molar-refractivity contribution in [2.75, 3.05) is 11.7 Å². The number of carbonyl (C=O) groups excluding carboxylic acids is 1. The standard InChI is InChI=1S/C26H25NO5/c1-2-32-27(26(29)30)24-14-7-6-11-20(24)17-31-21-13-8-12-19(15-21)22-16-23(22)25(28)18-9-4-3-5-10-18/h3-15,22-23H,2,16-17H2,1H3,(H,29,30). The van der Waals surface area contributed by atoms with E-state index in [2.05, 4.69) is 0 Å². The molecular weight excluding hydrogens is 406 g/mol. The number of hydrogen-bond donors (Lipinski definition) is 1. The van der Waals surface area contributed by atoms with Gasteiger partial charge in [-0.15, -0.1) is 0 Å². The van der Waals surface area contributed by atoms with Crippen LogP contribution in [0.25, 0.3) is 0 Å². The number of carbonyl (C=O) groups is 2. The first-order valence-corrected chi connectivity index (χ1v) is 10.6. The number of hydrogen-bond acceptors (Lipinski definition) is 4. The highest BCUT2D eigenvalue weighted by Crippen LogP contribution is 2.49. The zero-order valence-corrected chi connectivity index (χ0v) is 17.8. The number of carboxylic acid groups (broad SMARTS) is 1. The van der Waals surface area contributed by atoms with Gasteiger partial charge in [0.25, 0.3) is 0 Å². The molecule has 6 heteroatoms. The smallest absolute Gasteiger partial charge is 0.436 e. The second-order valence-electron chi connectivity index (χ2n) is 7.66. The van der Waals surface area contributed by atoms with Gasteiger partial charge in [0, 0.05) is 17.0 Å². The van der Waals surface area contributed by atoms with Gasteiger partial charge in [-0.25, -0.2) is 4.79 Å². The lowest BCUT2D eigenvalue weighted by atomic mass is 10.0. The first kappa shape index (κ1) is 21.6. The van der Waals surface area contributed by atoms with Crippen LogP contribution in [0.2, 0.25) is 0 Å². The Kier molecular flexibility index (Phi) is 6.52. The molecule has 0 heterocycles. The van der Waals surface area contributed by atoms with Gasteiger partial charge in [0.05, 0.1) is 12.3 Å². The summed E-state index contributed by atoms with van der Waals surface area (Å²) in [6.45, 7) is 2.15. The van der Waals surface area contributed by atoms with Crippen LogP contribution >= 0.6 is 0 Å². The number of Topliss-reactive ketones (excluding diaryl/α,β-unsaturated/α-hetero) is 1. The van der Waals surface area contributed by atoms with Crippen LogP contribution in [-0.2, 0) is 11.4 Å². The number of anilines is 1. The first-order valence-electron chi connectivity index (χ1n) is 10.6. The van der Waals surface area contributed by atoms with Gasteiger partial charge in [0.2, 0.25) is 0 Å². The Morgan fingerprint density at radius 2 is 1.75 bits per heavy atom. The number of amides is 1. The van der Waals surface area contributed by atoms with Gasteiger partial charge in [0.15, 0.2) is 5.78 Å². The van der Waals surface area contributed by atoms with Crippen LogP contribution in [0.5, 0.6) is 5.75 Å². The van der Waals surface area contributed by atoms with E-state index in [0.29, 0.717) is 17.0 Å². The fourth-order valence-corrected chi connectivity index (χ4v) is 3.85. The van der Waals surface area contributed by atoms with Crippen molar-refractivity contribution >= 4 is 17.6 Å². The van der Waals surface area contributed by atoms with Crippen LogP contribution < -0.4 is 9.80 Å². The predicted octanol–water partition coefficient (Wildman–Crippen LogP) is 5.69. The molecule has 3 aromatic carbocycles. The molecule has 0 radical (unpaired) electrons. The van der Waals surface area contributed by atoms with Crippen LogP contribution in [-0.4, -0.2) is 23.6 Å². The maximum atomic E-state index is 12.7. The van der Waals surface area contributed by atoms with Crippen LogP contribution in [0.4, 0.5) is 10.5 Å². The summed E-state index contributed by atoms with van der Waals surface area (Å²) in [4.78, 5) is 29.5. The highest BCUT2D eigenvalue weighted by Gasteiger charge is 2.44. The van der Waals surface area contributed by atoms with Crippen molar-refractivity contribution in [3.63, 3.8) is 0 Å². The van der Waals surface area contributed by atoms with Crippen molar-refractivity contribution in [1.82, 2.24) is 0 Å². The Morgan fingerprint density at radius 3 is 2.50 bits per heavy atom. The summed E-state index contributed by atoms with van der Waals surface area (Å²) in [7, 11) is 0. The quantitative estimate of drug-likeness (QED) is 0.348. The van der Waals surface area contributed by atoms with Crippen molar-refractivity contribution in [2.45, 2.75) is 25.9 Å².